The highest BCUT2D eigenvalue weighted by Gasteiger charge is 2.31. The minimum atomic E-state index is -4.76. The molecule has 1 atom stereocenters. The van der Waals surface area contributed by atoms with Gasteiger partial charge in [-0.3, -0.25) is 9.59 Å². The maximum atomic E-state index is 12.6. The van der Waals surface area contributed by atoms with Crippen LogP contribution >= 0.6 is 0 Å². The van der Waals surface area contributed by atoms with Crippen molar-refractivity contribution >= 4 is 17.5 Å². The maximum absolute atomic E-state index is 12.6. The van der Waals surface area contributed by atoms with Crippen molar-refractivity contribution in [1.82, 2.24) is 4.90 Å². The van der Waals surface area contributed by atoms with Crippen molar-refractivity contribution in [3.63, 3.8) is 0 Å². The van der Waals surface area contributed by atoms with Crippen LogP contribution in [0.5, 0.6) is 5.75 Å². The minimum Gasteiger partial charge on any atom is -0.406 e. The monoisotopic (exact) mass is 416 g/mol. The largest absolute Gasteiger partial charge is 0.573 e. The quantitative estimate of drug-likeness (QED) is 0.683. The van der Waals surface area contributed by atoms with E-state index < -0.39 is 6.36 Å². The van der Waals surface area contributed by atoms with Gasteiger partial charge < -0.3 is 19.9 Å². The smallest absolute Gasteiger partial charge is 0.406 e. The van der Waals surface area contributed by atoms with E-state index in [2.05, 4.69) is 10.1 Å². The molecule has 29 heavy (non-hydrogen) atoms. The second kappa shape index (κ2) is 10.5. The van der Waals surface area contributed by atoms with Gasteiger partial charge in [0, 0.05) is 18.3 Å². The number of rotatable bonds is 8. The molecule has 0 spiro atoms. The van der Waals surface area contributed by atoms with Crippen LogP contribution in [0.3, 0.4) is 0 Å². The van der Waals surface area contributed by atoms with E-state index in [0.717, 1.165) is 42.7 Å². The highest BCUT2D eigenvalue weighted by atomic mass is 19.4. The Labute approximate surface area is 169 Å². The summed E-state index contributed by atoms with van der Waals surface area (Å²) in [5, 5.41) is 2.62. The summed E-state index contributed by atoms with van der Waals surface area (Å²) in [6, 6.07) is 5.22. The Kier molecular flexibility index (Phi) is 8.31. The zero-order chi connectivity index (χ0) is 21.4. The van der Waals surface area contributed by atoms with Crippen LogP contribution in [-0.2, 0) is 9.59 Å². The van der Waals surface area contributed by atoms with Crippen molar-refractivity contribution in [3.8, 4) is 5.75 Å². The summed E-state index contributed by atoms with van der Waals surface area (Å²) in [7, 11) is 1.77. The highest BCUT2D eigenvalue weighted by molar-refractivity contribution is 5.91. The second-order valence-electron chi connectivity index (χ2n) is 7.40. The number of carbonyl (C=O) groups is 2. The number of halogens is 3. The van der Waals surface area contributed by atoms with E-state index in [1.54, 1.807) is 7.05 Å². The Hall–Kier alpha value is -2.29. The zero-order valence-corrected chi connectivity index (χ0v) is 16.8. The van der Waals surface area contributed by atoms with Crippen LogP contribution in [0.25, 0.3) is 0 Å². The Balaban J connectivity index is 1.81. The molecule has 2 rings (SSSR count). The molecule has 6 nitrogen and oxygen atoms in total. The summed E-state index contributed by atoms with van der Waals surface area (Å²) in [4.78, 5) is 27.5. The van der Waals surface area contributed by atoms with Crippen LogP contribution < -0.4 is 15.0 Å². The predicted molar refractivity (Wildman–Crippen MR) is 103 cm³/mol. The molecule has 1 saturated carbocycles. The van der Waals surface area contributed by atoms with Crippen LogP contribution in [0, 0.1) is 0 Å². The Bertz CT molecular complexity index is 674. The predicted octanol–water partition coefficient (Wildman–Crippen LogP) is 2.22. The number of hydrogen-bond acceptors (Lipinski definition) is 3. The molecule has 0 heterocycles. The number of hydrogen-bond donors (Lipinski definition) is 2. The molecule has 9 heteroatoms. The lowest BCUT2D eigenvalue weighted by molar-refractivity contribution is -0.862. The van der Waals surface area contributed by atoms with Crippen LogP contribution in [0.1, 0.15) is 39.0 Å². The summed E-state index contributed by atoms with van der Waals surface area (Å²) in [6.07, 6.45) is 0.823. The first-order chi connectivity index (χ1) is 13.7. The first-order valence-electron chi connectivity index (χ1n) is 9.94. The molecule has 0 saturated heterocycles. The fraction of sp³-hybridized carbons (Fsp3) is 0.600. The lowest BCUT2D eigenvalue weighted by Crippen LogP contribution is -3.11. The summed E-state index contributed by atoms with van der Waals surface area (Å²) < 4.78 is 40.3. The molecule has 1 aliphatic rings. The molecule has 0 radical (unpaired) electrons. The summed E-state index contributed by atoms with van der Waals surface area (Å²) in [5.74, 6) is -0.634. The average Bonchev–Trinajstić information content (AvgIpc) is 2.63. The van der Waals surface area contributed by atoms with Crippen LogP contribution in [0.15, 0.2) is 24.3 Å². The highest BCUT2D eigenvalue weighted by Crippen LogP contribution is 2.24. The molecular formula is C20H29F3N3O3+. The molecule has 1 unspecified atom stereocenters. The fourth-order valence-electron chi connectivity index (χ4n) is 3.67. The van der Waals surface area contributed by atoms with Gasteiger partial charge in [-0.2, -0.15) is 0 Å². The third-order valence-corrected chi connectivity index (χ3v) is 4.96. The van der Waals surface area contributed by atoms with Crippen molar-refractivity contribution < 1.29 is 32.4 Å². The van der Waals surface area contributed by atoms with E-state index in [0.29, 0.717) is 18.3 Å². The van der Waals surface area contributed by atoms with Gasteiger partial charge in [-0.1, -0.05) is 19.3 Å². The normalized spacial score (nSPS) is 16.2. The third kappa shape index (κ3) is 7.92. The number of anilines is 1. The topological polar surface area (TPSA) is 63.1 Å². The van der Waals surface area contributed by atoms with Gasteiger partial charge in [-0.25, -0.2) is 0 Å². The molecule has 2 N–H and O–H groups in total. The number of carbonyl (C=O) groups excluding carboxylic acids is 2. The number of ether oxygens (including phenoxy) is 1. The fourth-order valence-corrected chi connectivity index (χ4v) is 3.67. The Morgan fingerprint density at radius 2 is 1.76 bits per heavy atom. The van der Waals surface area contributed by atoms with Gasteiger partial charge >= 0.3 is 6.36 Å². The van der Waals surface area contributed by atoms with Crippen LogP contribution in [0.2, 0.25) is 0 Å². The molecule has 162 valence electrons. The molecular weight excluding hydrogens is 387 g/mol. The summed E-state index contributed by atoms with van der Waals surface area (Å²) in [6.45, 7) is 2.93. The number of likely N-dealkylation sites (N-methyl/N-ethyl adjacent to an activating group) is 2. The van der Waals surface area contributed by atoms with Gasteiger partial charge in [0.2, 0.25) is 0 Å². The summed E-state index contributed by atoms with van der Waals surface area (Å²) >= 11 is 0. The number of nitrogens with one attached hydrogen (secondary N) is 2. The van der Waals surface area contributed by atoms with E-state index in [1.807, 2.05) is 11.8 Å². The SMILES string of the molecule is CCN(C(=O)C[NH+](C)CC(=O)Nc1ccc(OC(F)(F)F)cc1)C1CCCCC1. The van der Waals surface area contributed by atoms with Crippen molar-refractivity contribution in [2.45, 2.75) is 51.4 Å². The molecule has 1 aromatic carbocycles. The van der Waals surface area contributed by atoms with Gasteiger partial charge in [0.05, 0.1) is 7.05 Å². The van der Waals surface area contributed by atoms with Crippen molar-refractivity contribution in [2.75, 3.05) is 32.0 Å². The van der Waals surface area contributed by atoms with E-state index in [-0.39, 0.29) is 30.7 Å². The number of amides is 2. The van der Waals surface area contributed by atoms with E-state index in [4.69, 9.17) is 0 Å². The number of benzene rings is 1. The standard InChI is InChI=1S/C20H28F3N3O3/c1-3-26(16-7-5-4-6-8-16)19(28)14-25(2)13-18(27)24-15-9-11-17(12-10-15)29-20(21,22)23/h9-12,16H,3-8,13-14H2,1-2H3,(H,24,27)/p+1. The van der Waals surface area contributed by atoms with Crippen molar-refractivity contribution in [1.29, 1.82) is 0 Å². The van der Waals surface area contributed by atoms with Gasteiger partial charge in [0.15, 0.2) is 13.1 Å². The zero-order valence-electron chi connectivity index (χ0n) is 16.8. The second-order valence-corrected chi connectivity index (χ2v) is 7.40. The van der Waals surface area contributed by atoms with E-state index in [9.17, 15) is 22.8 Å². The molecule has 1 aliphatic carbocycles. The summed E-state index contributed by atoms with van der Waals surface area (Å²) in [5.41, 5.74) is 0.362. The maximum Gasteiger partial charge on any atom is 0.573 e. The molecule has 2 amide bonds. The molecule has 0 bridgehead atoms. The Morgan fingerprint density at radius 3 is 2.31 bits per heavy atom. The van der Waals surface area contributed by atoms with E-state index in [1.165, 1.54) is 18.6 Å². The lowest BCUT2D eigenvalue weighted by atomic mass is 9.94. The van der Waals surface area contributed by atoms with Gasteiger partial charge in [-0.05, 0) is 44.0 Å². The van der Waals surface area contributed by atoms with Gasteiger partial charge in [-0.15, -0.1) is 13.2 Å². The van der Waals surface area contributed by atoms with Crippen molar-refractivity contribution in [3.05, 3.63) is 24.3 Å². The molecule has 1 aromatic rings. The first kappa shape index (κ1) is 23.0. The number of nitrogens with zero attached hydrogens (tertiary/aromatic N) is 1. The first-order valence-corrected chi connectivity index (χ1v) is 9.94. The van der Waals surface area contributed by atoms with E-state index >= 15 is 0 Å². The van der Waals surface area contributed by atoms with Crippen molar-refractivity contribution in [2.24, 2.45) is 0 Å². The molecule has 0 aromatic heterocycles. The molecule has 0 aliphatic heterocycles. The number of quaternary nitrogens is 1. The van der Waals surface area contributed by atoms with Crippen LogP contribution in [0.4, 0.5) is 18.9 Å². The van der Waals surface area contributed by atoms with Gasteiger partial charge in [0.25, 0.3) is 11.8 Å². The Morgan fingerprint density at radius 1 is 1.14 bits per heavy atom. The van der Waals surface area contributed by atoms with Gasteiger partial charge in [0.1, 0.15) is 5.75 Å². The third-order valence-electron chi connectivity index (χ3n) is 4.96. The number of alkyl halides is 3. The van der Waals surface area contributed by atoms with Crippen LogP contribution in [-0.4, -0.2) is 55.8 Å². The molecule has 1 fully saturated rings. The average molecular weight is 416 g/mol. The lowest BCUT2D eigenvalue weighted by Gasteiger charge is -2.33. The minimum absolute atomic E-state index is 0.0401.